The molecule has 1 aliphatic rings. The average molecular weight is 354 g/mol. The summed E-state index contributed by atoms with van der Waals surface area (Å²) in [7, 11) is 0. The van der Waals surface area contributed by atoms with Crippen LogP contribution in [0.3, 0.4) is 0 Å². The Morgan fingerprint density at radius 3 is 1.88 bits per heavy atom. The number of hydrogen-bond donors (Lipinski definition) is 0. The van der Waals surface area contributed by atoms with Crippen LogP contribution in [-0.2, 0) is 4.74 Å². The molecule has 3 rings (SSSR count). The van der Waals surface area contributed by atoms with Gasteiger partial charge in [-0.1, -0.05) is 63.3 Å². The lowest BCUT2D eigenvalue weighted by Gasteiger charge is -2.08. The largest absolute Gasteiger partial charge is 0.494 e. The minimum Gasteiger partial charge on any atom is -0.494 e. The Balaban J connectivity index is 1.40. The number of epoxide rings is 1. The number of unbranched alkanes of at least 4 members (excludes halogenated alkanes) is 5. The van der Waals surface area contributed by atoms with Crippen LogP contribution in [0.2, 0.25) is 0 Å². The fourth-order valence-corrected chi connectivity index (χ4v) is 2.91. The highest BCUT2D eigenvalue weighted by atomic mass is 16.6. The molecular formula is C23H30O3. The van der Waals surface area contributed by atoms with Crippen LogP contribution < -0.4 is 9.47 Å². The Morgan fingerprint density at radius 1 is 0.769 bits per heavy atom. The van der Waals surface area contributed by atoms with Gasteiger partial charge in [-0.15, -0.1) is 0 Å². The summed E-state index contributed by atoms with van der Waals surface area (Å²) in [6.45, 7) is 4.52. The van der Waals surface area contributed by atoms with Gasteiger partial charge in [-0.25, -0.2) is 0 Å². The third-order valence-electron chi connectivity index (χ3n) is 4.65. The van der Waals surface area contributed by atoms with Crippen molar-refractivity contribution in [3.05, 3.63) is 48.5 Å². The van der Waals surface area contributed by atoms with Crippen LogP contribution >= 0.6 is 0 Å². The van der Waals surface area contributed by atoms with Crippen LogP contribution in [0.1, 0.15) is 45.4 Å². The van der Waals surface area contributed by atoms with Gasteiger partial charge < -0.3 is 14.2 Å². The van der Waals surface area contributed by atoms with E-state index in [-0.39, 0.29) is 0 Å². The first-order valence-electron chi connectivity index (χ1n) is 9.93. The zero-order chi connectivity index (χ0) is 18.0. The smallest absolute Gasteiger partial charge is 0.119 e. The van der Waals surface area contributed by atoms with Crippen molar-refractivity contribution in [3.63, 3.8) is 0 Å². The second kappa shape index (κ2) is 10.2. The van der Waals surface area contributed by atoms with Gasteiger partial charge in [-0.3, -0.25) is 0 Å². The molecule has 1 aliphatic heterocycles. The molecule has 1 saturated heterocycles. The van der Waals surface area contributed by atoms with Crippen LogP contribution in [0, 0.1) is 0 Å². The summed E-state index contributed by atoms with van der Waals surface area (Å²) in [4.78, 5) is 0. The van der Waals surface area contributed by atoms with Gasteiger partial charge in [0.05, 0.1) is 13.2 Å². The molecular weight excluding hydrogens is 324 g/mol. The minimum atomic E-state index is 0.290. The Morgan fingerprint density at radius 2 is 1.31 bits per heavy atom. The van der Waals surface area contributed by atoms with Gasteiger partial charge in [0.25, 0.3) is 0 Å². The summed E-state index contributed by atoms with van der Waals surface area (Å²) in [6.07, 6.45) is 8.02. The maximum absolute atomic E-state index is 5.85. The predicted molar refractivity (Wildman–Crippen MR) is 106 cm³/mol. The Labute approximate surface area is 157 Å². The molecule has 0 spiro atoms. The first-order valence-corrected chi connectivity index (χ1v) is 9.93. The van der Waals surface area contributed by atoms with E-state index in [2.05, 4.69) is 43.3 Å². The number of rotatable bonds is 12. The summed E-state index contributed by atoms with van der Waals surface area (Å²) in [6, 6.07) is 16.6. The first kappa shape index (κ1) is 18.8. The maximum atomic E-state index is 5.85. The fourth-order valence-electron chi connectivity index (χ4n) is 2.91. The van der Waals surface area contributed by atoms with E-state index in [9.17, 15) is 0 Å². The highest BCUT2D eigenvalue weighted by molar-refractivity contribution is 5.64. The monoisotopic (exact) mass is 354 g/mol. The van der Waals surface area contributed by atoms with Crippen molar-refractivity contribution in [2.75, 3.05) is 19.8 Å². The van der Waals surface area contributed by atoms with Crippen LogP contribution in [0.4, 0.5) is 0 Å². The molecule has 3 nitrogen and oxygen atoms in total. The van der Waals surface area contributed by atoms with Crippen molar-refractivity contribution < 1.29 is 14.2 Å². The van der Waals surface area contributed by atoms with Crippen LogP contribution in [0.25, 0.3) is 11.1 Å². The quantitative estimate of drug-likeness (QED) is 0.353. The SMILES string of the molecule is CCCCCCCCOc1ccc(-c2ccc(OCC3CO3)cc2)cc1. The zero-order valence-electron chi connectivity index (χ0n) is 15.8. The molecule has 0 aliphatic carbocycles. The second-order valence-electron chi connectivity index (χ2n) is 6.93. The van der Waals surface area contributed by atoms with Crippen molar-refractivity contribution in [1.29, 1.82) is 0 Å². The molecule has 140 valence electrons. The minimum absolute atomic E-state index is 0.290. The Kier molecular flexibility index (Phi) is 7.38. The zero-order valence-corrected chi connectivity index (χ0v) is 15.8. The topological polar surface area (TPSA) is 31.0 Å². The van der Waals surface area contributed by atoms with Gasteiger partial charge in [0, 0.05) is 0 Å². The molecule has 1 fully saturated rings. The van der Waals surface area contributed by atoms with Crippen LogP contribution in [0.5, 0.6) is 11.5 Å². The average Bonchev–Trinajstić information content (AvgIpc) is 3.51. The van der Waals surface area contributed by atoms with Gasteiger partial charge in [0.2, 0.25) is 0 Å². The van der Waals surface area contributed by atoms with E-state index in [0.29, 0.717) is 12.7 Å². The Hall–Kier alpha value is -2.00. The molecule has 26 heavy (non-hydrogen) atoms. The molecule has 1 unspecified atom stereocenters. The van der Waals surface area contributed by atoms with Crippen LogP contribution in [-0.4, -0.2) is 25.9 Å². The molecule has 0 radical (unpaired) electrons. The summed E-state index contributed by atoms with van der Waals surface area (Å²) in [5, 5.41) is 0. The van der Waals surface area contributed by atoms with Gasteiger partial charge in [-0.2, -0.15) is 0 Å². The number of benzene rings is 2. The summed E-state index contributed by atoms with van der Waals surface area (Å²) < 4.78 is 16.7. The van der Waals surface area contributed by atoms with Crippen molar-refractivity contribution in [3.8, 4) is 22.6 Å². The number of ether oxygens (including phenoxy) is 3. The van der Waals surface area contributed by atoms with Gasteiger partial charge in [0.1, 0.15) is 24.2 Å². The van der Waals surface area contributed by atoms with E-state index < -0.39 is 0 Å². The summed E-state index contributed by atoms with van der Waals surface area (Å²) in [5.41, 5.74) is 2.37. The number of hydrogen-bond acceptors (Lipinski definition) is 3. The standard InChI is InChI=1S/C23H30O3/c1-2-3-4-5-6-7-16-24-21-12-8-19(9-13-21)20-10-14-22(15-11-20)25-17-23-18-26-23/h8-15,23H,2-7,16-18H2,1H3. The van der Waals surface area contributed by atoms with Gasteiger partial charge in [-0.05, 0) is 41.8 Å². The molecule has 0 bridgehead atoms. The van der Waals surface area contributed by atoms with Crippen LogP contribution in [0.15, 0.2) is 48.5 Å². The van der Waals surface area contributed by atoms with Gasteiger partial charge >= 0.3 is 0 Å². The lowest BCUT2D eigenvalue weighted by molar-refractivity contribution is 0.263. The first-order chi connectivity index (χ1) is 12.8. The van der Waals surface area contributed by atoms with E-state index in [1.54, 1.807) is 0 Å². The van der Waals surface area contributed by atoms with E-state index in [4.69, 9.17) is 14.2 Å². The van der Waals surface area contributed by atoms with Crippen molar-refractivity contribution in [2.24, 2.45) is 0 Å². The van der Waals surface area contributed by atoms with E-state index in [0.717, 1.165) is 31.1 Å². The lowest BCUT2D eigenvalue weighted by Crippen LogP contribution is -2.03. The molecule has 1 heterocycles. The molecule has 0 N–H and O–H groups in total. The van der Waals surface area contributed by atoms with Crippen molar-refractivity contribution >= 4 is 0 Å². The molecule has 2 aromatic rings. The van der Waals surface area contributed by atoms with Gasteiger partial charge in [0.15, 0.2) is 0 Å². The van der Waals surface area contributed by atoms with E-state index in [1.165, 1.54) is 43.2 Å². The highest BCUT2D eigenvalue weighted by Crippen LogP contribution is 2.25. The van der Waals surface area contributed by atoms with E-state index >= 15 is 0 Å². The molecule has 1 atom stereocenters. The highest BCUT2D eigenvalue weighted by Gasteiger charge is 2.22. The molecule has 0 amide bonds. The summed E-state index contributed by atoms with van der Waals surface area (Å²) in [5.74, 6) is 1.84. The van der Waals surface area contributed by atoms with Crippen molar-refractivity contribution in [1.82, 2.24) is 0 Å². The normalized spacial score (nSPS) is 15.7. The predicted octanol–water partition coefficient (Wildman–Crippen LogP) is 5.87. The molecule has 3 heteroatoms. The second-order valence-corrected chi connectivity index (χ2v) is 6.93. The maximum Gasteiger partial charge on any atom is 0.119 e. The Bertz CT molecular complexity index is 630. The summed E-state index contributed by atoms with van der Waals surface area (Å²) >= 11 is 0. The fraction of sp³-hybridized carbons (Fsp3) is 0.478. The molecule has 0 aromatic heterocycles. The van der Waals surface area contributed by atoms with E-state index in [1.807, 2.05) is 12.1 Å². The third kappa shape index (κ3) is 6.38. The van der Waals surface area contributed by atoms with Crippen molar-refractivity contribution in [2.45, 2.75) is 51.6 Å². The lowest BCUT2D eigenvalue weighted by atomic mass is 10.1. The third-order valence-corrected chi connectivity index (χ3v) is 4.65. The molecule has 0 saturated carbocycles. The molecule has 2 aromatic carbocycles.